The molecule has 0 unspecified atom stereocenters. The molecule has 0 amide bonds. The summed E-state index contributed by atoms with van der Waals surface area (Å²) in [5, 5.41) is 14.1. The number of hydrogen-bond acceptors (Lipinski definition) is 4. The SMILES string of the molecule is Cc1cc(NCC(C2CC2)C2CC2)ncc1[N+](=O)[O-]. The minimum Gasteiger partial charge on any atom is -0.370 e. The molecular weight excluding hydrogens is 242 g/mol. The van der Waals surface area contributed by atoms with Gasteiger partial charge in [-0.15, -0.1) is 0 Å². The van der Waals surface area contributed by atoms with E-state index in [1.807, 2.05) is 0 Å². The van der Waals surface area contributed by atoms with E-state index >= 15 is 0 Å². The Morgan fingerprint density at radius 1 is 1.42 bits per heavy atom. The number of nitrogens with zero attached hydrogens (tertiary/aromatic N) is 2. The van der Waals surface area contributed by atoms with E-state index in [-0.39, 0.29) is 10.6 Å². The van der Waals surface area contributed by atoms with E-state index in [0.29, 0.717) is 5.56 Å². The zero-order valence-corrected chi connectivity index (χ0v) is 11.1. The number of hydrogen-bond donors (Lipinski definition) is 1. The van der Waals surface area contributed by atoms with Crippen molar-refractivity contribution in [1.29, 1.82) is 0 Å². The van der Waals surface area contributed by atoms with Crippen LogP contribution in [0.15, 0.2) is 12.3 Å². The molecule has 2 aliphatic carbocycles. The fourth-order valence-electron chi connectivity index (χ4n) is 2.83. The lowest BCUT2D eigenvalue weighted by Gasteiger charge is -2.16. The molecule has 5 nitrogen and oxygen atoms in total. The molecule has 2 saturated carbocycles. The monoisotopic (exact) mass is 261 g/mol. The molecule has 2 fully saturated rings. The molecule has 1 aromatic heterocycles. The smallest absolute Gasteiger partial charge is 0.290 e. The van der Waals surface area contributed by atoms with Gasteiger partial charge >= 0.3 is 0 Å². The van der Waals surface area contributed by atoms with Gasteiger partial charge in [0.2, 0.25) is 0 Å². The van der Waals surface area contributed by atoms with Crippen molar-refractivity contribution in [3.8, 4) is 0 Å². The Labute approximate surface area is 112 Å². The highest BCUT2D eigenvalue weighted by Crippen LogP contribution is 2.49. The van der Waals surface area contributed by atoms with Gasteiger partial charge in [-0.25, -0.2) is 4.98 Å². The molecule has 2 aliphatic rings. The second kappa shape index (κ2) is 4.79. The first-order valence-electron chi connectivity index (χ1n) is 7.00. The summed E-state index contributed by atoms with van der Waals surface area (Å²) in [5.74, 6) is 3.34. The molecule has 102 valence electrons. The number of nitro groups is 1. The molecule has 1 N–H and O–H groups in total. The van der Waals surface area contributed by atoms with E-state index in [1.54, 1.807) is 13.0 Å². The van der Waals surface area contributed by atoms with Crippen LogP contribution in [0.4, 0.5) is 11.5 Å². The molecule has 3 rings (SSSR count). The van der Waals surface area contributed by atoms with Crippen molar-refractivity contribution in [2.75, 3.05) is 11.9 Å². The summed E-state index contributed by atoms with van der Waals surface area (Å²) in [6.45, 7) is 2.71. The van der Waals surface area contributed by atoms with E-state index < -0.39 is 0 Å². The fourth-order valence-corrected chi connectivity index (χ4v) is 2.83. The number of nitrogens with one attached hydrogen (secondary N) is 1. The summed E-state index contributed by atoms with van der Waals surface area (Å²) in [7, 11) is 0. The highest BCUT2D eigenvalue weighted by atomic mass is 16.6. The third-order valence-electron chi connectivity index (χ3n) is 4.25. The molecule has 0 radical (unpaired) electrons. The van der Waals surface area contributed by atoms with Gasteiger partial charge in [-0.2, -0.15) is 0 Å². The maximum atomic E-state index is 10.7. The minimum atomic E-state index is -0.386. The van der Waals surface area contributed by atoms with Crippen molar-refractivity contribution in [3.63, 3.8) is 0 Å². The fraction of sp³-hybridized carbons (Fsp3) is 0.643. The molecule has 1 aromatic rings. The van der Waals surface area contributed by atoms with Gasteiger partial charge in [-0.1, -0.05) is 0 Å². The molecule has 0 aliphatic heterocycles. The third kappa shape index (κ3) is 2.85. The average Bonchev–Trinajstić information content (AvgIpc) is 3.23. The maximum absolute atomic E-state index is 10.7. The Morgan fingerprint density at radius 2 is 2.05 bits per heavy atom. The topological polar surface area (TPSA) is 68.1 Å². The summed E-state index contributed by atoms with van der Waals surface area (Å²) in [6.07, 6.45) is 6.83. The van der Waals surface area contributed by atoms with Crippen LogP contribution in [0, 0.1) is 34.8 Å². The molecule has 0 spiro atoms. The number of pyridine rings is 1. The number of aryl methyl sites for hydroxylation is 1. The Bertz CT molecular complexity index is 483. The minimum absolute atomic E-state index is 0.0893. The first kappa shape index (κ1) is 12.4. The van der Waals surface area contributed by atoms with Crippen molar-refractivity contribution in [2.45, 2.75) is 32.6 Å². The first-order valence-corrected chi connectivity index (χ1v) is 7.00. The Hall–Kier alpha value is -1.65. The van der Waals surface area contributed by atoms with E-state index in [2.05, 4.69) is 10.3 Å². The highest BCUT2D eigenvalue weighted by Gasteiger charge is 2.41. The second-order valence-corrected chi connectivity index (χ2v) is 5.83. The summed E-state index contributed by atoms with van der Waals surface area (Å²) in [5.41, 5.74) is 0.753. The lowest BCUT2D eigenvalue weighted by atomic mass is 9.98. The predicted octanol–water partition coefficient (Wildman–Crippen LogP) is 3.15. The van der Waals surface area contributed by atoms with Crippen molar-refractivity contribution < 1.29 is 4.92 Å². The van der Waals surface area contributed by atoms with Gasteiger partial charge in [-0.05, 0) is 56.4 Å². The van der Waals surface area contributed by atoms with Gasteiger partial charge in [0.25, 0.3) is 5.69 Å². The van der Waals surface area contributed by atoms with Gasteiger partial charge in [0.05, 0.1) is 4.92 Å². The van der Waals surface area contributed by atoms with Crippen LogP contribution in [0.25, 0.3) is 0 Å². The van der Waals surface area contributed by atoms with E-state index in [1.165, 1.54) is 31.9 Å². The molecule has 1 heterocycles. The number of anilines is 1. The second-order valence-electron chi connectivity index (χ2n) is 5.83. The first-order chi connectivity index (χ1) is 9.15. The van der Waals surface area contributed by atoms with Gasteiger partial charge in [0.1, 0.15) is 12.0 Å². The van der Waals surface area contributed by atoms with Gasteiger partial charge < -0.3 is 5.32 Å². The zero-order chi connectivity index (χ0) is 13.4. The molecule has 0 bridgehead atoms. The summed E-state index contributed by atoms with van der Waals surface area (Å²) in [4.78, 5) is 14.5. The van der Waals surface area contributed by atoms with Crippen molar-refractivity contribution in [1.82, 2.24) is 4.98 Å². The van der Waals surface area contributed by atoms with E-state index in [9.17, 15) is 10.1 Å². The van der Waals surface area contributed by atoms with Crippen LogP contribution in [0.5, 0.6) is 0 Å². The van der Waals surface area contributed by atoms with Gasteiger partial charge in [0.15, 0.2) is 0 Å². The van der Waals surface area contributed by atoms with Crippen LogP contribution >= 0.6 is 0 Å². The van der Waals surface area contributed by atoms with Crippen LogP contribution < -0.4 is 5.32 Å². The molecule has 19 heavy (non-hydrogen) atoms. The van der Waals surface area contributed by atoms with Crippen LogP contribution in [-0.4, -0.2) is 16.5 Å². The van der Waals surface area contributed by atoms with E-state index in [0.717, 1.165) is 30.1 Å². The molecule has 5 heteroatoms. The maximum Gasteiger partial charge on any atom is 0.290 e. The largest absolute Gasteiger partial charge is 0.370 e. The highest BCUT2D eigenvalue weighted by molar-refractivity contribution is 5.46. The average molecular weight is 261 g/mol. The third-order valence-corrected chi connectivity index (χ3v) is 4.25. The predicted molar refractivity (Wildman–Crippen MR) is 73.1 cm³/mol. The summed E-state index contributed by atoms with van der Waals surface area (Å²) >= 11 is 0. The Morgan fingerprint density at radius 3 is 2.53 bits per heavy atom. The Kier molecular flexibility index (Phi) is 3.12. The number of rotatable bonds is 6. The van der Waals surface area contributed by atoms with Gasteiger partial charge in [0, 0.05) is 12.1 Å². The van der Waals surface area contributed by atoms with Crippen molar-refractivity contribution >= 4 is 11.5 Å². The zero-order valence-electron chi connectivity index (χ0n) is 11.1. The molecular formula is C14H19N3O2. The van der Waals surface area contributed by atoms with Crippen molar-refractivity contribution in [3.05, 3.63) is 27.9 Å². The van der Waals surface area contributed by atoms with Crippen LogP contribution in [-0.2, 0) is 0 Å². The van der Waals surface area contributed by atoms with Crippen LogP contribution in [0.3, 0.4) is 0 Å². The number of aromatic nitrogens is 1. The normalized spacial score (nSPS) is 18.6. The molecule has 0 saturated heterocycles. The van der Waals surface area contributed by atoms with E-state index in [4.69, 9.17) is 0 Å². The van der Waals surface area contributed by atoms with Gasteiger partial charge in [-0.3, -0.25) is 10.1 Å². The summed E-state index contributed by atoms with van der Waals surface area (Å²) < 4.78 is 0. The lowest BCUT2D eigenvalue weighted by molar-refractivity contribution is -0.385. The summed E-state index contributed by atoms with van der Waals surface area (Å²) in [6, 6.07) is 1.77. The van der Waals surface area contributed by atoms with Crippen LogP contribution in [0.1, 0.15) is 31.2 Å². The van der Waals surface area contributed by atoms with Crippen molar-refractivity contribution in [2.24, 2.45) is 17.8 Å². The van der Waals surface area contributed by atoms with Crippen LogP contribution in [0.2, 0.25) is 0 Å². The molecule has 0 aromatic carbocycles. The Balaban J connectivity index is 1.63. The standard InChI is InChI=1S/C14H19N3O2/c1-9-6-14(16-8-13(9)17(18)19)15-7-12(10-2-3-10)11-4-5-11/h6,8,10-12H,2-5,7H2,1H3,(H,15,16). The lowest BCUT2D eigenvalue weighted by Crippen LogP contribution is -2.18. The molecule has 0 atom stereocenters. The quantitative estimate of drug-likeness (QED) is 0.631.